The molecule has 4 aliphatic rings. The standard InChI is InChI=1S/C26H28F2N2/c1-24-13-14-26(27,28)15-17(24)7-8-18-19-9-10-23(25(19,2)12-11-20(18)24)30-16-29-21-5-3-4-6-22(21)30/h3-6,10,13-16,18-20H,7-9,11-12H2,1-2H3/t18-,19-,20-,24-,25-/m0/s1. The number of rotatable bonds is 1. The Hall–Kier alpha value is -2.23. The molecule has 1 aromatic heterocycles. The molecule has 6 rings (SSSR count). The van der Waals surface area contributed by atoms with Crippen molar-refractivity contribution >= 4 is 16.7 Å². The monoisotopic (exact) mass is 406 g/mol. The number of para-hydroxylation sites is 2. The van der Waals surface area contributed by atoms with E-state index in [2.05, 4.69) is 47.7 Å². The SMILES string of the molecule is C[C@]12C=CC(F)(F)C=C1CC[C@@H]1[C@@H]2CC[C@]2(C)C(n3cnc4ccccc43)=CC[C@@H]12. The molecule has 0 amide bonds. The van der Waals surface area contributed by atoms with Crippen molar-refractivity contribution in [3.63, 3.8) is 0 Å². The Labute approximate surface area is 176 Å². The molecule has 0 N–H and O–H groups in total. The molecule has 2 saturated carbocycles. The van der Waals surface area contributed by atoms with E-state index in [1.54, 1.807) is 0 Å². The first-order chi connectivity index (χ1) is 14.3. The molecular weight excluding hydrogens is 378 g/mol. The van der Waals surface area contributed by atoms with Crippen LogP contribution in [0, 0.1) is 28.6 Å². The summed E-state index contributed by atoms with van der Waals surface area (Å²) in [4.78, 5) is 4.63. The molecule has 2 aromatic rings. The summed E-state index contributed by atoms with van der Waals surface area (Å²) in [5, 5.41) is 0. The van der Waals surface area contributed by atoms with Crippen molar-refractivity contribution < 1.29 is 8.78 Å². The Balaban J connectivity index is 1.36. The van der Waals surface area contributed by atoms with E-state index in [1.807, 2.05) is 18.5 Å². The van der Waals surface area contributed by atoms with Gasteiger partial charge in [0, 0.05) is 16.5 Å². The number of nitrogens with zero attached hydrogens (tertiary/aromatic N) is 2. The van der Waals surface area contributed by atoms with Crippen LogP contribution in [-0.4, -0.2) is 15.5 Å². The van der Waals surface area contributed by atoms with Crippen LogP contribution in [0.5, 0.6) is 0 Å². The van der Waals surface area contributed by atoms with E-state index in [4.69, 9.17) is 0 Å². The fourth-order valence-electron chi connectivity index (χ4n) is 7.36. The van der Waals surface area contributed by atoms with Crippen LogP contribution < -0.4 is 0 Å². The molecule has 1 aromatic carbocycles. The Bertz CT molecular complexity index is 1120. The summed E-state index contributed by atoms with van der Waals surface area (Å²) >= 11 is 0. The number of benzene rings is 1. The minimum absolute atomic E-state index is 0.116. The van der Waals surface area contributed by atoms with Gasteiger partial charge in [0.2, 0.25) is 0 Å². The molecule has 4 aliphatic carbocycles. The van der Waals surface area contributed by atoms with Crippen LogP contribution in [0.4, 0.5) is 8.78 Å². The zero-order chi connectivity index (χ0) is 20.7. The molecule has 0 unspecified atom stereocenters. The molecule has 0 radical (unpaired) electrons. The summed E-state index contributed by atoms with van der Waals surface area (Å²) in [5.41, 5.74) is 4.46. The Morgan fingerprint density at radius 1 is 1.07 bits per heavy atom. The quantitative estimate of drug-likeness (QED) is 0.473. The Morgan fingerprint density at radius 2 is 1.90 bits per heavy atom. The van der Waals surface area contributed by atoms with Gasteiger partial charge in [-0.05, 0) is 74.1 Å². The molecule has 0 aliphatic heterocycles. The number of hydrogen-bond acceptors (Lipinski definition) is 1. The van der Waals surface area contributed by atoms with Crippen LogP contribution in [0.15, 0.2) is 60.5 Å². The lowest BCUT2D eigenvalue weighted by Crippen LogP contribution is -2.49. The first kappa shape index (κ1) is 18.5. The van der Waals surface area contributed by atoms with Crippen LogP contribution in [0.2, 0.25) is 0 Å². The van der Waals surface area contributed by atoms with Gasteiger partial charge in [-0.2, -0.15) is 8.78 Å². The van der Waals surface area contributed by atoms with Crippen molar-refractivity contribution in [1.29, 1.82) is 0 Å². The predicted molar refractivity (Wildman–Crippen MR) is 116 cm³/mol. The molecule has 0 bridgehead atoms. The zero-order valence-corrected chi connectivity index (χ0v) is 17.6. The van der Waals surface area contributed by atoms with Crippen molar-refractivity contribution in [2.45, 2.75) is 51.9 Å². The molecule has 2 nitrogen and oxygen atoms in total. The number of halogens is 2. The molecule has 0 spiro atoms. The topological polar surface area (TPSA) is 17.8 Å². The zero-order valence-electron chi connectivity index (χ0n) is 17.6. The second kappa shape index (κ2) is 5.93. The summed E-state index contributed by atoms with van der Waals surface area (Å²) in [7, 11) is 0. The molecule has 4 heteroatoms. The Morgan fingerprint density at radius 3 is 2.77 bits per heavy atom. The average Bonchev–Trinajstić information content (AvgIpc) is 3.29. The third kappa shape index (κ3) is 2.36. The summed E-state index contributed by atoms with van der Waals surface area (Å²) in [6.07, 6.45) is 13.7. The molecule has 30 heavy (non-hydrogen) atoms. The van der Waals surface area contributed by atoms with Crippen molar-refractivity contribution in [2.24, 2.45) is 28.6 Å². The van der Waals surface area contributed by atoms with Crippen molar-refractivity contribution in [3.8, 4) is 0 Å². The average molecular weight is 407 g/mol. The summed E-state index contributed by atoms with van der Waals surface area (Å²) in [5.74, 6) is -1.18. The second-order valence-electron chi connectivity index (χ2n) is 10.3. The van der Waals surface area contributed by atoms with Gasteiger partial charge in [0.25, 0.3) is 5.92 Å². The van der Waals surface area contributed by atoms with Gasteiger partial charge >= 0.3 is 0 Å². The fraction of sp³-hybridized carbons (Fsp3) is 0.500. The minimum Gasteiger partial charge on any atom is -0.302 e. The van der Waals surface area contributed by atoms with Gasteiger partial charge < -0.3 is 4.57 Å². The number of fused-ring (bicyclic) bond motifs is 6. The second-order valence-corrected chi connectivity index (χ2v) is 10.3. The van der Waals surface area contributed by atoms with E-state index in [9.17, 15) is 8.78 Å². The maximum absolute atomic E-state index is 14.0. The lowest BCUT2D eigenvalue weighted by molar-refractivity contribution is -0.00480. The summed E-state index contributed by atoms with van der Waals surface area (Å²) in [6.45, 7) is 4.64. The number of hydrogen-bond donors (Lipinski definition) is 0. The smallest absolute Gasteiger partial charge is 0.285 e. The van der Waals surface area contributed by atoms with Crippen molar-refractivity contribution in [2.75, 3.05) is 0 Å². The molecule has 5 atom stereocenters. The van der Waals surface area contributed by atoms with Gasteiger partial charge in [-0.1, -0.05) is 43.7 Å². The van der Waals surface area contributed by atoms with Gasteiger partial charge in [-0.3, -0.25) is 0 Å². The molecule has 156 valence electrons. The highest BCUT2D eigenvalue weighted by molar-refractivity contribution is 5.80. The number of imidazole rings is 1. The first-order valence-electron chi connectivity index (χ1n) is 11.3. The fourth-order valence-corrected chi connectivity index (χ4v) is 7.36. The van der Waals surface area contributed by atoms with E-state index < -0.39 is 5.92 Å². The molecule has 1 heterocycles. The highest BCUT2D eigenvalue weighted by Crippen LogP contribution is 2.65. The largest absolute Gasteiger partial charge is 0.302 e. The first-order valence-corrected chi connectivity index (χ1v) is 11.3. The predicted octanol–water partition coefficient (Wildman–Crippen LogP) is 6.86. The normalized spacial score (nSPS) is 39.1. The van der Waals surface area contributed by atoms with Crippen molar-refractivity contribution in [1.82, 2.24) is 9.55 Å². The number of allylic oxidation sites excluding steroid dienone is 6. The molecular formula is C26H28F2N2. The highest BCUT2D eigenvalue weighted by atomic mass is 19.3. The van der Waals surface area contributed by atoms with Crippen LogP contribution in [0.25, 0.3) is 16.7 Å². The van der Waals surface area contributed by atoms with E-state index in [-0.39, 0.29) is 10.8 Å². The van der Waals surface area contributed by atoms with E-state index >= 15 is 0 Å². The van der Waals surface area contributed by atoms with Crippen LogP contribution in [0.3, 0.4) is 0 Å². The minimum atomic E-state index is -2.78. The van der Waals surface area contributed by atoms with Crippen LogP contribution >= 0.6 is 0 Å². The number of aromatic nitrogens is 2. The summed E-state index contributed by atoms with van der Waals surface area (Å²) in [6, 6.07) is 8.33. The Kier molecular flexibility index (Phi) is 3.66. The lowest BCUT2D eigenvalue weighted by Gasteiger charge is -2.57. The lowest BCUT2D eigenvalue weighted by atomic mass is 9.48. The van der Waals surface area contributed by atoms with Crippen LogP contribution in [0.1, 0.15) is 46.0 Å². The third-order valence-corrected chi connectivity index (χ3v) is 8.92. The molecule has 0 saturated heterocycles. The van der Waals surface area contributed by atoms with Gasteiger partial charge in [0.1, 0.15) is 6.33 Å². The van der Waals surface area contributed by atoms with E-state index in [0.717, 1.165) is 49.3 Å². The highest BCUT2D eigenvalue weighted by Gasteiger charge is 2.57. The van der Waals surface area contributed by atoms with Gasteiger partial charge in [0.05, 0.1) is 11.0 Å². The summed E-state index contributed by atoms with van der Waals surface area (Å²) < 4.78 is 30.3. The van der Waals surface area contributed by atoms with Gasteiger partial charge in [-0.25, -0.2) is 4.98 Å². The van der Waals surface area contributed by atoms with Crippen LogP contribution in [-0.2, 0) is 0 Å². The van der Waals surface area contributed by atoms with E-state index in [0.29, 0.717) is 17.8 Å². The maximum Gasteiger partial charge on any atom is 0.285 e. The molecule has 2 fully saturated rings. The third-order valence-electron chi connectivity index (χ3n) is 8.92. The number of alkyl halides is 2. The maximum atomic E-state index is 14.0. The van der Waals surface area contributed by atoms with E-state index in [1.165, 1.54) is 17.3 Å². The van der Waals surface area contributed by atoms with Crippen molar-refractivity contribution in [3.05, 3.63) is 60.5 Å². The van der Waals surface area contributed by atoms with Gasteiger partial charge in [-0.15, -0.1) is 0 Å². The van der Waals surface area contributed by atoms with Gasteiger partial charge in [0.15, 0.2) is 0 Å².